The lowest BCUT2D eigenvalue weighted by Crippen LogP contribution is -2.07. The molecule has 0 spiro atoms. The Bertz CT molecular complexity index is 948. The monoisotopic (exact) mass is 441 g/mol. The SMILES string of the molecule is Cc1nc(C)c2cc1-c1cccc(c1Br)C(=O)c1cccc-2c1Br. The van der Waals surface area contributed by atoms with Gasteiger partial charge in [-0.1, -0.05) is 24.3 Å². The molecule has 24 heavy (non-hydrogen) atoms. The minimum Gasteiger partial charge on any atom is -0.289 e. The highest BCUT2D eigenvalue weighted by Crippen LogP contribution is 2.41. The second-order valence-corrected chi connectivity index (χ2v) is 7.50. The normalized spacial score (nSPS) is 12.2. The van der Waals surface area contributed by atoms with E-state index in [-0.39, 0.29) is 5.78 Å². The predicted molar refractivity (Wildman–Crippen MR) is 103 cm³/mol. The fourth-order valence-electron chi connectivity index (χ4n) is 3.25. The van der Waals surface area contributed by atoms with Crippen molar-refractivity contribution in [1.29, 1.82) is 0 Å². The van der Waals surface area contributed by atoms with Crippen LogP contribution in [0.3, 0.4) is 0 Å². The minimum atomic E-state index is 0.00543. The molecule has 1 aromatic heterocycles. The zero-order valence-corrected chi connectivity index (χ0v) is 16.3. The number of benzene rings is 2. The number of carbonyl (C=O) groups is 1. The number of aromatic nitrogens is 1. The minimum absolute atomic E-state index is 0.00543. The van der Waals surface area contributed by atoms with Gasteiger partial charge in [-0.05, 0) is 75.0 Å². The van der Waals surface area contributed by atoms with Crippen LogP contribution in [0, 0.1) is 13.8 Å². The van der Waals surface area contributed by atoms with Crippen molar-refractivity contribution in [2.45, 2.75) is 13.8 Å². The van der Waals surface area contributed by atoms with Gasteiger partial charge in [-0.25, -0.2) is 0 Å². The van der Waals surface area contributed by atoms with Gasteiger partial charge >= 0.3 is 0 Å². The Balaban J connectivity index is 2.24. The molecule has 1 aliphatic carbocycles. The second kappa shape index (κ2) is 5.64. The molecule has 0 saturated heterocycles. The van der Waals surface area contributed by atoms with Crippen LogP contribution in [0.2, 0.25) is 0 Å². The number of pyridine rings is 1. The lowest BCUT2D eigenvalue weighted by molar-refractivity contribution is 0.103. The van der Waals surface area contributed by atoms with E-state index in [4.69, 9.17) is 4.98 Å². The van der Waals surface area contributed by atoms with E-state index in [1.165, 1.54) is 0 Å². The number of nitrogens with zero attached hydrogens (tertiary/aromatic N) is 1. The van der Waals surface area contributed by atoms with Crippen molar-refractivity contribution in [2.24, 2.45) is 0 Å². The Morgan fingerprint density at radius 2 is 1.12 bits per heavy atom. The van der Waals surface area contributed by atoms with E-state index in [2.05, 4.69) is 37.9 Å². The van der Waals surface area contributed by atoms with E-state index < -0.39 is 0 Å². The molecule has 4 heteroatoms. The second-order valence-electron chi connectivity index (χ2n) is 5.92. The molecular weight excluding hydrogens is 430 g/mol. The van der Waals surface area contributed by atoms with E-state index in [0.717, 1.165) is 42.6 Å². The molecular formula is C20H13Br2NO. The van der Waals surface area contributed by atoms with Crippen LogP contribution < -0.4 is 0 Å². The zero-order valence-electron chi connectivity index (χ0n) is 13.2. The highest BCUT2D eigenvalue weighted by atomic mass is 79.9. The Kier molecular flexibility index (Phi) is 3.70. The largest absolute Gasteiger partial charge is 0.289 e. The summed E-state index contributed by atoms with van der Waals surface area (Å²) in [6.07, 6.45) is 0. The van der Waals surface area contributed by atoms with Crippen molar-refractivity contribution >= 4 is 37.6 Å². The lowest BCUT2D eigenvalue weighted by Gasteiger charge is -2.19. The fourth-order valence-corrected chi connectivity index (χ4v) is 4.56. The lowest BCUT2D eigenvalue weighted by atomic mass is 9.91. The molecule has 3 aromatic rings. The summed E-state index contributed by atoms with van der Waals surface area (Å²) in [4.78, 5) is 17.8. The van der Waals surface area contributed by atoms with Gasteiger partial charge in [-0.15, -0.1) is 0 Å². The molecule has 0 amide bonds. The number of ketones is 1. The zero-order chi connectivity index (χ0) is 17.0. The average molecular weight is 443 g/mol. The van der Waals surface area contributed by atoms with E-state index in [9.17, 15) is 4.79 Å². The van der Waals surface area contributed by atoms with Crippen LogP contribution in [0.1, 0.15) is 27.3 Å². The third-order valence-corrected chi connectivity index (χ3v) is 6.18. The quantitative estimate of drug-likeness (QED) is 0.329. The molecule has 0 aliphatic heterocycles. The molecule has 2 nitrogen and oxygen atoms in total. The third-order valence-electron chi connectivity index (χ3n) is 4.47. The first-order chi connectivity index (χ1) is 11.5. The summed E-state index contributed by atoms with van der Waals surface area (Å²) >= 11 is 7.29. The van der Waals surface area contributed by atoms with E-state index in [1.807, 2.05) is 50.2 Å². The van der Waals surface area contributed by atoms with Crippen molar-refractivity contribution < 1.29 is 4.79 Å². The maximum atomic E-state index is 13.1. The van der Waals surface area contributed by atoms with Gasteiger partial charge in [0, 0.05) is 42.6 Å². The predicted octanol–water partition coefficient (Wildman–Crippen LogP) is 6.10. The van der Waals surface area contributed by atoms with Crippen LogP contribution in [0.25, 0.3) is 22.3 Å². The van der Waals surface area contributed by atoms with Crippen LogP contribution in [0.15, 0.2) is 51.4 Å². The molecule has 0 radical (unpaired) electrons. The van der Waals surface area contributed by atoms with Crippen molar-refractivity contribution in [3.05, 3.63) is 73.9 Å². The van der Waals surface area contributed by atoms with E-state index >= 15 is 0 Å². The molecule has 1 heterocycles. The molecule has 1 aliphatic rings. The molecule has 0 unspecified atom stereocenters. The van der Waals surface area contributed by atoms with Gasteiger partial charge in [0.2, 0.25) is 0 Å². The summed E-state index contributed by atoms with van der Waals surface area (Å²) in [6.45, 7) is 4.01. The molecule has 6 bridgehead atoms. The first kappa shape index (κ1) is 15.7. The Hall–Kier alpha value is -1.78. The van der Waals surface area contributed by atoms with Gasteiger partial charge in [0.15, 0.2) is 5.78 Å². The number of fused-ring (bicyclic) bond motifs is 8. The summed E-state index contributed by atoms with van der Waals surface area (Å²) in [7, 11) is 0. The molecule has 0 saturated carbocycles. The van der Waals surface area contributed by atoms with Crippen LogP contribution in [-0.4, -0.2) is 10.8 Å². The molecule has 0 atom stereocenters. The summed E-state index contributed by atoms with van der Waals surface area (Å²) < 4.78 is 1.63. The Morgan fingerprint density at radius 1 is 0.708 bits per heavy atom. The highest BCUT2D eigenvalue weighted by Gasteiger charge is 2.23. The number of halogens is 2. The summed E-state index contributed by atoms with van der Waals surface area (Å²) in [5.74, 6) is 0.00543. The van der Waals surface area contributed by atoms with Crippen molar-refractivity contribution in [2.75, 3.05) is 0 Å². The number of aryl methyl sites for hydroxylation is 2. The standard InChI is InChI=1S/C20H13Br2NO/c1-10-16-9-17(11(2)23-10)13-6-4-8-15(19(13)22)20(24)14-7-3-5-12(16)18(14)21/h3-9H,1-2H3. The van der Waals surface area contributed by atoms with E-state index in [0.29, 0.717) is 11.1 Å². The van der Waals surface area contributed by atoms with Gasteiger partial charge in [-0.2, -0.15) is 0 Å². The first-order valence-electron chi connectivity index (χ1n) is 7.59. The average Bonchev–Trinajstić information content (AvgIpc) is 2.55. The van der Waals surface area contributed by atoms with Crippen LogP contribution in [-0.2, 0) is 0 Å². The van der Waals surface area contributed by atoms with Crippen LogP contribution in [0.5, 0.6) is 0 Å². The van der Waals surface area contributed by atoms with Gasteiger partial charge in [-0.3, -0.25) is 9.78 Å². The number of hydrogen-bond donors (Lipinski definition) is 0. The number of carbonyl (C=O) groups excluding carboxylic acids is 1. The number of rotatable bonds is 0. The van der Waals surface area contributed by atoms with Crippen molar-refractivity contribution in [3.63, 3.8) is 0 Å². The third kappa shape index (κ3) is 2.20. The summed E-state index contributed by atoms with van der Waals surface area (Å²) in [5, 5.41) is 0. The van der Waals surface area contributed by atoms with Gasteiger partial charge < -0.3 is 0 Å². The molecule has 0 N–H and O–H groups in total. The highest BCUT2D eigenvalue weighted by molar-refractivity contribution is 9.11. The molecule has 118 valence electrons. The maximum Gasteiger partial charge on any atom is 0.195 e. The van der Waals surface area contributed by atoms with E-state index in [1.54, 1.807) is 0 Å². The molecule has 4 rings (SSSR count). The summed E-state index contributed by atoms with van der Waals surface area (Å²) in [6, 6.07) is 13.8. The molecule has 0 fully saturated rings. The Labute approximate surface area is 157 Å². The Morgan fingerprint density at radius 3 is 1.58 bits per heavy atom. The molecule has 2 aromatic carbocycles. The maximum absolute atomic E-state index is 13.1. The fraction of sp³-hybridized carbons (Fsp3) is 0.100. The van der Waals surface area contributed by atoms with Crippen LogP contribution in [0.4, 0.5) is 0 Å². The smallest absolute Gasteiger partial charge is 0.195 e. The van der Waals surface area contributed by atoms with Gasteiger partial charge in [0.1, 0.15) is 0 Å². The van der Waals surface area contributed by atoms with Crippen molar-refractivity contribution in [3.8, 4) is 22.3 Å². The van der Waals surface area contributed by atoms with Gasteiger partial charge in [0.25, 0.3) is 0 Å². The first-order valence-corrected chi connectivity index (χ1v) is 9.18. The van der Waals surface area contributed by atoms with Crippen molar-refractivity contribution in [1.82, 2.24) is 4.98 Å². The summed E-state index contributed by atoms with van der Waals surface area (Å²) in [5.41, 5.74) is 7.29. The topological polar surface area (TPSA) is 30.0 Å². The van der Waals surface area contributed by atoms with Gasteiger partial charge in [0.05, 0.1) is 0 Å². The van der Waals surface area contributed by atoms with Crippen LogP contribution >= 0.6 is 31.9 Å². The number of hydrogen-bond acceptors (Lipinski definition) is 2.